The zero-order valence-corrected chi connectivity index (χ0v) is 12.6. The quantitative estimate of drug-likeness (QED) is 0.789. The molecule has 0 spiro atoms. The minimum Gasteiger partial charge on any atom is -0.458 e. The third kappa shape index (κ3) is 2.69. The number of carbonyl (C=O) groups excluding carboxylic acids is 2. The van der Waals surface area contributed by atoms with Crippen LogP contribution >= 0.6 is 0 Å². The van der Waals surface area contributed by atoms with Crippen molar-refractivity contribution in [2.75, 3.05) is 7.05 Å². The average molecular weight is 279 g/mol. The van der Waals surface area contributed by atoms with Crippen molar-refractivity contribution in [3.05, 3.63) is 18.0 Å². The topological polar surface area (TPSA) is 64.4 Å². The van der Waals surface area contributed by atoms with E-state index in [0.717, 1.165) is 0 Å². The lowest BCUT2D eigenvalue weighted by molar-refractivity contribution is -0.148. The Morgan fingerprint density at radius 3 is 2.65 bits per heavy atom. The van der Waals surface area contributed by atoms with Crippen LogP contribution in [0.15, 0.2) is 12.3 Å². The molecule has 0 bridgehead atoms. The standard InChI is InChI=1S/C14H21N3O3/c1-9(2)17-7-6-10(15-17)12(18)16(5)11-8-14(3,4)20-13(11)19/h6-7,9,11H,8H2,1-5H3/t11-/m1/s1. The fourth-order valence-corrected chi connectivity index (χ4v) is 2.29. The predicted molar refractivity (Wildman–Crippen MR) is 73.3 cm³/mol. The molecule has 1 aliphatic heterocycles. The summed E-state index contributed by atoms with van der Waals surface area (Å²) in [5.41, 5.74) is -0.174. The molecule has 110 valence electrons. The number of hydrogen-bond acceptors (Lipinski definition) is 4. The zero-order valence-electron chi connectivity index (χ0n) is 12.6. The molecule has 1 atom stereocenters. The number of amides is 1. The molecule has 0 saturated carbocycles. The van der Waals surface area contributed by atoms with Crippen LogP contribution in [0.5, 0.6) is 0 Å². The number of nitrogens with zero attached hydrogens (tertiary/aromatic N) is 3. The molecular formula is C14H21N3O3. The smallest absolute Gasteiger partial charge is 0.329 e. The minimum absolute atomic E-state index is 0.192. The summed E-state index contributed by atoms with van der Waals surface area (Å²) in [6.45, 7) is 7.66. The van der Waals surface area contributed by atoms with Crippen molar-refractivity contribution in [1.29, 1.82) is 0 Å². The number of likely N-dealkylation sites (N-methyl/N-ethyl adjacent to an activating group) is 1. The molecule has 1 fully saturated rings. The maximum absolute atomic E-state index is 12.4. The number of rotatable bonds is 3. The Morgan fingerprint density at radius 2 is 2.20 bits per heavy atom. The summed E-state index contributed by atoms with van der Waals surface area (Å²) in [4.78, 5) is 25.6. The lowest BCUT2D eigenvalue weighted by atomic mass is 10.0. The molecule has 0 radical (unpaired) electrons. The highest BCUT2D eigenvalue weighted by Gasteiger charge is 2.43. The van der Waals surface area contributed by atoms with E-state index in [2.05, 4.69) is 5.10 Å². The van der Waals surface area contributed by atoms with Crippen molar-refractivity contribution >= 4 is 11.9 Å². The van der Waals surface area contributed by atoms with Gasteiger partial charge in [-0.05, 0) is 33.8 Å². The maximum Gasteiger partial charge on any atom is 0.329 e. The van der Waals surface area contributed by atoms with Gasteiger partial charge in [0.25, 0.3) is 5.91 Å². The maximum atomic E-state index is 12.4. The molecule has 0 N–H and O–H groups in total. The Kier molecular flexibility index (Phi) is 3.58. The van der Waals surface area contributed by atoms with Crippen molar-refractivity contribution in [3.63, 3.8) is 0 Å². The first-order valence-electron chi connectivity index (χ1n) is 6.76. The Bertz CT molecular complexity index is 534. The van der Waals surface area contributed by atoms with Crippen LogP contribution in [0.4, 0.5) is 0 Å². The molecular weight excluding hydrogens is 258 g/mol. The lowest BCUT2D eigenvalue weighted by Crippen LogP contribution is -2.40. The third-order valence-electron chi connectivity index (χ3n) is 3.48. The van der Waals surface area contributed by atoms with Crippen LogP contribution in [-0.4, -0.2) is 45.2 Å². The molecule has 1 aliphatic rings. The number of cyclic esters (lactones) is 1. The first-order chi connectivity index (χ1) is 9.21. The van der Waals surface area contributed by atoms with Gasteiger partial charge in [0.05, 0.1) is 0 Å². The molecule has 1 aromatic rings. The molecule has 0 aromatic carbocycles. The van der Waals surface area contributed by atoms with E-state index in [1.54, 1.807) is 24.0 Å². The van der Waals surface area contributed by atoms with Gasteiger partial charge in [-0.1, -0.05) is 0 Å². The van der Waals surface area contributed by atoms with Gasteiger partial charge in [0.15, 0.2) is 0 Å². The second-order valence-electron chi connectivity index (χ2n) is 6.09. The largest absolute Gasteiger partial charge is 0.458 e. The summed E-state index contributed by atoms with van der Waals surface area (Å²) >= 11 is 0. The number of carbonyl (C=O) groups is 2. The van der Waals surface area contributed by atoms with E-state index in [9.17, 15) is 9.59 Å². The zero-order chi connectivity index (χ0) is 15.1. The Morgan fingerprint density at radius 1 is 1.55 bits per heavy atom. The van der Waals surface area contributed by atoms with Crippen LogP contribution in [0, 0.1) is 0 Å². The molecule has 20 heavy (non-hydrogen) atoms. The summed E-state index contributed by atoms with van der Waals surface area (Å²) in [6, 6.07) is 1.32. The van der Waals surface area contributed by atoms with E-state index in [1.165, 1.54) is 4.90 Å². The summed E-state index contributed by atoms with van der Waals surface area (Å²) in [5, 5.41) is 4.24. The van der Waals surface area contributed by atoms with Crippen molar-refractivity contribution in [1.82, 2.24) is 14.7 Å². The molecule has 0 aliphatic carbocycles. The van der Waals surface area contributed by atoms with E-state index >= 15 is 0 Å². The number of esters is 1. The number of ether oxygens (including phenoxy) is 1. The second-order valence-corrected chi connectivity index (χ2v) is 6.09. The van der Waals surface area contributed by atoms with Gasteiger partial charge in [-0.15, -0.1) is 0 Å². The molecule has 6 heteroatoms. The highest BCUT2D eigenvalue weighted by molar-refractivity contribution is 5.95. The minimum atomic E-state index is -0.540. The third-order valence-corrected chi connectivity index (χ3v) is 3.48. The average Bonchev–Trinajstić information content (AvgIpc) is 2.92. The van der Waals surface area contributed by atoms with E-state index in [1.807, 2.05) is 27.7 Å². The van der Waals surface area contributed by atoms with E-state index in [4.69, 9.17) is 4.74 Å². The summed E-state index contributed by atoms with van der Waals surface area (Å²) < 4.78 is 6.97. The lowest BCUT2D eigenvalue weighted by Gasteiger charge is -2.21. The van der Waals surface area contributed by atoms with Crippen LogP contribution in [0.1, 0.15) is 50.6 Å². The van der Waals surface area contributed by atoms with E-state index in [-0.39, 0.29) is 17.9 Å². The number of hydrogen-bond donors (Lipinski definition) is 0. The molecule has 1 aromatic heterocycles. The predicted octanol–water partition coefficient (Wildman–Crippen LogP) is 1.63. The fraction of sp³-hybridized carbons (Fsp3) is 0.643. The van der Waals surface area contributed by atoms with Crippen molar-refractivity contribution in [2.45, 2.75) is 51.8 Å². The van der Waals surface area contributed by atoms with Gasteiger partial charge in [-0.3, -0.25) is 9.48 Å². The molecule has 0 unspecified atom stereocenters. The number of aromatic nitrogens is 2. The van der Waals surface area contributed by atoms with Gasteiger partial charge in [0.1, 0.15) is 17.3 Å². The fourth-order valence-electron chi connectivity index (χ4n) is 2.29. The monoisotopic (exact) mass is 279 g/mol. The Hall–Kier alpha value is -1.85. The first kappa shape index (κ1) is 14.6. The molecule has 6 nitrogen and oxygen atoms in total. The van der Waals surface area contributed by atoms with E-state index in [0.29, 0.717) is 12.1 Å². The SMILES string of the molecule is CC(C)n1ccc(C(=O)N(C)[C@@H]2CC(C)(C)OC2=O)n1. The second kappa shape index (κ2) is 4.92. The normalized spacial score (nSPS) is 21.1. The van der Waals surface area contributed by atoms with Gasteiger partial charge in [-0.25, -0.2) is 4.79 Å². The van der Waals surface area contributed by atoms with Crippen LogP contribution < -0.4 is 0 Å². The highest BCUT2D eigenvalue weighted by atomic mass is 16.6. The molecule has 1 amide bonds. The molecule has 2 rings (SSSR count). The Balaban J connectivity index is 2.14. The summed E-state index contributed by atoms with van der Waals surface area (Å²) in [5.74, 6) is -0.613. The van der Waals surface area contributed by atoms with Crippen molar-refractivity contribution < 1.29 is 14.3 Å². The van der Waals surface area contributed by atoms with E-state index < -0.39 is 11.6 Å². The molecule has 2 heterocycles. The molecule has 1 saturated heterocycles. The highest BCUT2D eigenvalue weighted by Crippen LogP contribution is 2.29. The Labute approximate surface area is 118 Å². The van der Waals surface area contributed by atoms with Gasteiger partial charge in [0, 0.05) is 25.7 Å². The van der Waals surface area contributed by atoms with Gasteiger partial charge in [0.2, 0.25) is 0 Å². The van der Waals surface area contributed by atoms with Crippen LogP contribution in [0.25, 0.3) is 0 Å². The van der Waals surface area contributed by atoms with Crippen molar-refractivity contribution in [3.8, 4) is 0 Å². The van der Waals surface area contributed by atoms with Crippen molar-refractivity contribution in [2.24, 2.45) is 0 Å². The summed E-state index contributed by atoms with van der Waals surface area (Å²) in [7, 11) is 1.62. The first-order valence-corrected chi connectivity index (χ1v) is 6.76. The van der Waals surface area contributed by atoms with Crippen LogP contribution in [0.2, 0.25) is 0 Å². The van der Waals surface area contributed by atoms with Crippen LogP contribution in [-0.2, 0) is 9.53 Å². The van der Waals surface area contributed by atoms with Crippen LogP contribution in [0.3, 0.4) is 0 Å². The summed E-state index contributed by atoms with van der Waals surface area (Å²) in [6.07, 6.45) is 2.27. The van der Waals surface area contributed by atoms with Gasteiger partial charge >= 0.3 is 5.97 Å². The van der Waals surface area contributed by atoms with Gasteiger partial charge < -0.3 is 9.64 Å². The van der Waals surface area contributed by atoms with Gasteiger partial charge in [-0.2, -0.15) is 5.10 Å².